The average molecular weight is 367 g/mol. The van der Waals surface area contributed by atoms with Gasteiger partial charge in [0.15, 0.2) is 0 Å². The minimum Gasteiger partial charge on any atom is -0.380 e. The van der Waals surface area contributed by atoms with E-state index in [1.165, 1.54) is 11.1 Å². The molecule has 0 spiro atoms. The zero-order valence-corrected chi connectivity index (χ0v) is 15.5. The predicted octanol–water partition coefficient (Wildman–Crippen LogP) is 3.39. The zero-order chi connectivity index (χ0) is 19.1. The molecule has 2 aromatic carbocycles. The first kappa shape index (κ1) is 18.9. The van der Waals surface area contributed by atoms with E-state index >= 15 is 0 Å². The van der Waals surface area contributed by atoms with Crippen molar-refractivity contribution >= 4 is 17.6 Å². The van der Waals surface area contributed by atoms with Gasteiger partial charge in [-0.05, 0) is 41.8 Å². The number of fused-ring (bicyclic) bond motifs is 1. The van der Waals surface area contributed by atoms with Crippen LogP contribution < -0.4 is 10.6 Å². The fourth-order valence-electron chi connectivity index (χ4n) is 2.97. The van der Waals surface area contributed by atoms with Gasteiger partial charge < -0.3 is 20.3 Å². The Bertz CT molecular complexity index is 765. The van der Waals surface area contributed by atoms with E-state index < -0.39 is 0 Å². The Labute approximate surface area is 159 Å². The molecule has 0 fully saturated rings. The van der Waals surface area contributed by atoms with Crippen molar-refractivity contribution in [3.8, 4) is 0 Å². The second-order valence-electron chi connectivity index (χ2n) is 6.50. The molecule has 0 aliphatic carbocycles. The summed E-state index contributed by atoms with van der Waals surface area (Å²) in [5, 5.41) is 5.70. The maximum Gasteiger partial charge on any atom is 0.322 e. The summed E-state index contributed by atoms with van der Waals surface area (Å²) < 4.78 is 5.34. The van der Waals surface area contributed by atoms with Crippen molar-refractivity contribution in [2.75, 3.05) is 25.1 Å². The Balaban J connectivity index is 1.48. The van der Waals surface area contributed by atoms with Crippen molar-refractivity contribution < 1.29 is 14.3 Å². The third kappa shape index (κ3) is 5.08. The summed E-state index contributed by atoms with van der Waals surface area (Å²) in [4.78, 5) is 26.3. The predicted molar refractivity (Wildman–Crippen MR) is 105 cm³/mol. The SMILES string of the molecule is CCCOCCNC(=O)c1ccc(NC(=O)N2Cc3ccccc3C2)cc1. The third-order valence-electron chi connectivity index (χ3n) is 4.41. The van der Waals surface area contributed by atoms with Gasteiger partial charge in [-0.2, -0.15) is 0 Å². The summed E-state index contributed by atoms with van der Waals surface area (Å²) in [6, 6.07) is 14.8. The molecule has 0 saturated carbocycles. The molecule has 6 heteroatoms. The number of carbonyl (C=O) groups excluding carboxylic acids is 2. The van der Waals surface area contributed by atoms with Crippen LogP contribution in [0, 0.1) is 0 Å². The van der Waals surface area contributed by atoms with Gasteiger partial charge in [0, 0.05) is 37.5 Å². The van der Waals surface area contributed by atoms with Gasteiger partial charge in [-0.25, -0.2) is 4.79 Å². The molecule has 0 atom stereocenters. The smallest absolute Gasteiger partial charge is 0.322 e. The van der Waals surface area contributed by atoms with Gasteiger partial charge >= 0.3 is 6.03 Å². The lowest BCUT2D eigenvalue weighted by molar-refractivity contribution is 0.0915. The standard InChI is InChI=1S/C21H25N3O3/c1-2-12-27-13-11-22-20(25)16-7-9-19(10-8-16)23-21(26)24-14-17-5-3-4-6-18(17)15-24/h3-10H,2,11-15H2,1H3,(H,22,25)(H,23,26). The van der Waals surface area contributed by atoms with Crippen molar-refractivity contribution in [3.05, 3.63) is 65.2 Å². The van der Waals surface area contributed by atoms with E-state index in [0.29, 0.717) is 44.1 Å². The lowest BCUT2D eigenvalue weighted by atomic mass is 10.1. The summed E-state index contributed by atoms with van der Waals surface area (Å²) in [6.07, 6.45) is 0.963. The summed E-state index contributed by atoms with van der Waals surface area (Å²) >= 11 is 0. The Hall–Kier alpha value is -2.86. The number of nitrogens with one attached hydrogen (secondary N) is 2. The van der Waals surface area contributed by atoms with Crippen molar-refractivity contribution in [3.63, 3.8) is 0 Å². The van der Waals surface area contributed by atoms with Crippen LogP contribution in [0.1, 0.15) is 34.8 Å². The molecule has 0 bridgehead atoms. The molecule has 0 radical (unpaired) electrons. The lowest BCUT2D eigenvalue weighted by Crippen LogP contribution is -2.30. The van der Waals surface area contributed by atoms with Crippen molar-refractivity contribution in [1.82, 2.24) is 10.2 Å². The Morgan fingerprint density at radius 3 is 2.30 bits per heavy atom. The monoisotopic (exact) mass is 367 g/mol. The fourth-order valence-corrected chi connectivity index (χ4v) is 2.97. The second-order valence-corrected chi connectivity index (χ2v) is 6.50. The second kappa shape index (κ2) is 9.19. The largest absolute Gasteiger partial charge is 0.380 e. The van der Waals surface area contributed by atoms with Crippen LogP contribution >= 0.6 is 0 Å². The summed E-state index contributed by atoms with van der Waals surface area (Å²) in [5.41, 5.74) is 3.58. The molecule has 0 saturated heterocycles. The molecule has 2 aromatic rings. The van der Waals surface area contributed by atoms with Crippen LogP contribution in [0.4, 0.5) is 10.5 Å². The van der Waals surface area contributed by atoms with Crippen molar-refractivity contribution in [1.29, 1.82) is 0 Å². The minimum atomic E-state index is -0.150. The number of nitrogens with zero attached hydrogens (tertiary/aromatic N) is 1. The van der Waals surface area contributed by atoms with Gasteiger partial charge in [-0.3, -0.25) is 4.79 Å². The van der Waals surface area contributed by atoms with Gasteiger partial charge in [-0.15, -0.1) is 0 Å². The molecule has 6 nitrogen and oxygen atoms in total. The minimum absolute atomic E-state index is 0.142. The highest BCUT2D eigenvalue weighted by molar-refractivity contribution is 5.95. The van der Waals surface area contributed by atoms with Crippen LogP contribution in [0.25, 0.3) is 0 Å². The van der Waals surface area contributed by atoms with Gasteiger partial charge in [0.2, 0.25) is 0 Å². The normalized spacial score (nSPS) is 12.6. The van der Waals surface area contributed by atoms with Crippen LogP contribution in [0.3, 0.4) is 0 Å². The summed E-state index contributed by atoms with van der Waals surface area (Å²) in [5.74, 6) is -0.150. The van der Waals surface area contributed by atoms with E-state index in [0.717, 1.165) is 6.42 Å². The highest BCUT2D eigenvalue weighted by atomic mass is 16.5. The highest BCUT2D eigenvalue weighted by Gasteiger charge is 2.22. The van der Waals surface area contributed by atoms with E-state index in [-0.39, 0.29) is 11.9 Å². The molecule has 27 heavy (non-hydrogen) atoms. The number of amides is 3. The first-order valence-corrected chi connectivity index (χ1v) is 9.26. The van der Waals surface area contributed by atoms with E-state index in [1.54, 1.807) is 29.2 Å². The Morgan fingerprint density at radius 2 is 1.67 bits per heavy atom. The van der Waals surface area contributed by atoms with Crippen molar-refractivity contribution in [2.24, 2.45) is 0 Å². The molecule has 3 rings (SSSR count). The van der Waals surface area contributed by atoms with Gasteiger partial charge in [0.05, 0.1) is 6.61 Å². The molecule has 0 unspecified atom stereocenters. The Kier molecular flexibility index (Phi) is 6.44. The molecule has 2 N–H and O–H groups in total. The number of urea groups is 1. The summed E-state index contributed by atoms with van der Waals surface area (Å²) in [6.45, 7) is 4.96. The van der Waals surface area contributed by atoms with Crippen LogP contribution in [0.15, 0.2) is 48.5 Å². The molecule has 3 amide bonds. The van der Waals surface area contributed by atoms with E-state index in [9.17, 15) is 9.59 Å². The van der Waals surface area contributed by atoms with E-state index in [1.807, 2.05) is 31.2 Å². The molecular formula is C21H25N3O3. The molecule has 142 valence electrons. The van der Waals surface area contributed by atoms with Gasteiger partial charge in [0.1, 0.15) is 0 Å². The van der Waals surface area contributed by atoms with Crippen LogP contribution in [-0.2, 0) is 17.8 Å². The maximum atomic E-state index is 12.5. The third-order valence-corrected chi connectivity index (χ3v) is 4.41. The van der Waals surface area contributed by atoms with Crippen LogP contribution in [0.2, 0.25) is 0 Å². The fraction of sp³-hybridized carbons (Fsp3) is 0.333. The number of anilines is 1. The van der Waals surface area contributed by atoms with Gasteiger partial charge in [0.25, 0.3) is 5.91 Å². The van der Waals surface area contributed by atoms with Crippen LogP contribution in [0.5, 0.6) is 0 Å². The molecule has 1 aliphatic rings. The first-order chi connectivity index (χ1) is 13.2. The number of benzene rings is 2. The van der Waals surface area contributed by atoms with Gasteiger partial charge in [-0.1, -0.05) is 31.2 Å². The topological polar surface area (TPSA) is 70.7 Å². The number of hydrogen-bond acceptors (Lipinski definition) is 3. The number of ether oxygens (including phenoxy) is 1. The summed E-state index contributed by atoms with van der Waals surface area (Å²) in [7, 11) is 0. The molecule has 1 heterocycles. The average Bonchev–Trinajstić information content (AvgIpc) is 3.13. The molecule has 1 aliphatic heterocycles. The van der Waals surface area contributed by atoms with Crippen molar-refractivity contribution in [2.45, 2.75) is 26.4 Å². The number of hydrogen-bond donors (Lipinski definition) is 2. The number of rotatable bonds is 7. The maximum absolute atomic E-state index is 12.5. The van der Waals surface area contributed by atoms with E-state index in [4.69, 9.17) is 4.74 Å². The highest BCUT2D eigenvalue weighted by Crippen LogP contribution is 2.23. The van der Waals surface area contributed by atoms with E-state index in [2.05, 4.69) is 10.6 Å². The lowest BCUT2D eigenvalue weighted by Gasteiger charge is -2.16. The quantitative estimate of drug-likeness (QED) is 0.737. The molecule has 0 aromatic heterocycles. The Morgan fingerprint density at radius 1 is 1.00 bits per heavy atom. The van der Waals surface area contributed by atoms with Crippen LogP contribution in [-0.4, -0.2) is 36.6 Å². The first-order valence-electron chi connectivity index (χ1n) is 9.26. The zero-order valence-electron chi connectivity index (χ0n) is 15.5. The number of carbonyl (C=O) groups is 2. The molecular weight excluding hydrogens is 342 g/mol.